The molecule has 182 valence electrons. The Labute approximate surface area is 207 Å². The Kier molecular flexibility index (Phi) is 7.40. The summed E-state index contributed by atoms with van der Waals surface area (Å²) in [5, 5.41) is 17.6. The highest BCUT2D eigenvalue weighted by Crippen LogP contribution is 2.30. The van der Waals surface area contributed by atoms with E-state index < -0.39 is 4.92 Å². The number of nitro groups is 1. The van der Waals surface area contributed by atoms with Crippen LogP contribution in [-0.4, -0.2) is 59.3 Å². The van der Waals surface area contributed by atoms with Crippen LogP contribution >= 0.6 is 11.3 Å². The summed E-state index contributed by atoms with van der Waals surface area (Å²) in [5.74, 6) is -0.354. The van der Waals surface area contributed by atoms with Gasteiger partial charge in [0, 0.05) is 62.2 Å². The zero-order valence-electron chi connectivity index (χ0n) is 19.7. The molecule has 1 aliphatic rings. The molecule has 0 saturated carbocycles. The molecule has 2 aromatic carbocycles. The fraction of sp³-hybridized carbons (Fsp3) is 0.320. The maximum absolute atomic E-state index is 12.7. The Bertz CT molecular complexity index is 1230. The molecule has 3 aromatic rings. The zero-order chi connectivity index (χ0) is 24.9. The average molecular weight is 494 g/mol. The van der Waals surface area contributed by atoms with Gasteiger partial charge in [0.05, 0.1) is 15.6 Å². The van der Waals surface area contributed by atoms with Crippen molar-refractivity contribution >= 4 is 34.5 Å². The molecule has 1 aliphatic heterocycles. The number of aromatic nitrogens is 1. The third kappa shape index (κ3) is 5.83. The van der Waals surface area contributed by atoms with E-state index in [9.17, 15) is 19.7 Å². The van der Waals surface area contributed by atoms with Gasteiger partial charge in [-0.3, -0.25) is 19.7 Å². The topological polar surface area (TPSA) is 109 Å². The second-order valence-corrected chi connectivity index (χ2v) is 9.47. The Hall–Kier alpha value is -3.79. The number of rotatable bonds is 7. The molecule has 0 aliphatic carbocycles. The molecule has 0 atom stereocenters. The minimum Gasteiger partial charge on any atom is -0.362 e. The Morgan fingerprint density at radius 3 is 2.43 bits per heavy atom. The number of piperazine rings is 1. The predicted octanol–water partition coefficient (Wildman–Crippen LogP) is 3.67. The van der Waals surface area contributed by atoms with E-state index in [0.717, 1.165) is 21.8 Å². The number of benzene rings is 2. The van der Waals surface area contributed by atoms with Crippen LogP contribution in [0.5, 0.6) is 0 Å². The highest BCUT2D eigenvalue weighted by atomic mass is 32.1. The van der Waals surface area contributed by atoms with E-state index in [-0.39, 0.29) is 23.1 Å². The van der Waals surface area contributed by atoms with E-state index in [1.54, 1.807) is 28.4 Å². The number of anilines is 1. The number of amides is 2. The van der Waals surface area contributed by atoms with Crippen LogP contribution < -0.4 is 10.2 Å². The van der Waals surface area contributed by atoms with E-state index >= 15 is 0 Å². The van der Waals surface area contributed by atoms with Crippen molar-refractivity contribution in [1.29, 1.82) is 0 Å². The van der Waals surface area contributed by atoms with Gasteiger partial charge in [0.1, 0.15) is 5.69 Å². The van der Waals surface area contributed by atoms with Crippen molar-refractivity contribution in [3.8, 4) is 11.3 Å². The first-order valence-corrected chi connectivity index (χ1v) is 12.3. The lowest BCUT2D eigenvalue weighted by atomic mass is 10.1. The van der Waals surface area contributed by atoms with Gasteiger partial charge in [-0.05, 0) is 31.0 Å². The van der Waals surface area contributed by atoms with E-state index in [0.29, 0.717) is 44.8 Å². The lowest BCUT2D eigenvalue weighted by Crippen LogP contribution is -2.48. The molecule has 2 heterocycles. The molecule has 0 radical (unpaired) electrons. The van der Waals surface area contributed by atoms with E-state index in [1.807, 2.05) is 41.5 Å². The SMILES string of the molecule is CC(=O)N1CCN(c2ccc(C(=O)NCCc3ccc(-c4csc(C)n4)cc3)cc2[N+](=O)[O-])CC1. The molecular weight excluding hydrogens is 466 g/mol. The molecule has 2 amide bonds. The first-order chi connectivity index (χ1) is 16.8. The summed E-state index contributed by atoms with van der Waals surface area (Å²) in [6, 6.07) is 12.6. The van der Waals surface area contributed by atoms with Crippen LogP contribution in [0.2, 0.25) is 0 Å². The van der Waals surface area contributed by atoms with E-state index in [2.05, 4.69) is 10.3 Å². The third-order valence-corrected chi connectivity index (χ3v) is 6.84. The van der Waals surface area contributed by atoms with Crippen molar-refractivity contribution < 1.29 is 14.5 Å². The second-order valence-electron chi connectivity index (χ2n) is 8.41. The molecular formula is C25H27N5O4S. The molecule has 1 aromatic heterocycles. The second kappa shape index (κ2) is 10.6. The summed E-state index contributed by atoms with van der Waals surface area (Å²) in [7, 11) is 0. The monoisotopic (exact) mass is 493 g/mol. The number of thiazole rings is 1. The molecule has 0 spiro atoms. The Balaban J connectivity index is 1.35. The summed E-state index contributed by atoms with van der Waals surface area (Å²) >= 11 is 1.61. The highest BCUT2D eigenvalue weighted by Gasteiger charge is 2.25. The number of nitro benzene ring substituents is 1. The lowest BCUT2D eigenvalue weighted by Gasteiger charge is -2.35. The number of hydrogen-bond acceptors (Lipinski definition) is 7. The number of hydrogen-bond donors (Lipinski definition) is 1. The van der Waals surface area contributed by atoms with Crippen molar-refractivity contribution in [3.05, 3.63) is 74.1 Å². The van der Waals surface area contributed by atoms with Gasteiger partial charge in [-0.1, -0.05) is 24.3 Å². The molecule has 1 saturated heterocycles. The summed E-state index contributed by atoms with van der Waals surface area (Å²) in [5.41, 5.74) is 3.69. The van der Waals surface area contributed by atoms with Gasteiger partial charge in [0.25, 0.3) is 11.6 Å². The zero-order valence-corrected chi connectivity index (χ0v) is 20.5. The maximum atomic E-state index is 12.7. The van der Waals surface area contributed by atoms with Crippen LogP contribution in [-0.2, 0) is 11.2 Å². The fourth-order valence-electron chi connectivity index (χ4n) is 4.10. The first kappa shape index (κ1) is 24.3. The summed E-state index contributed by atoms with van der Waals surface area (Å²) < 4.78 is 0. The highest BCUT2D eigenvalue weighted by molar-refractivity contribution is 7.09. The summed E-state index contributed by atoms with van der Waals surface area (Å²) in [6.07, 6.45) is 0.642. The molecule has 10 heteroatoms. The smallest absolute Gasteiger partial charge is 0.293 e. The largest absolute Gasteiger partial charge is 0.362 e. The number of carbonyl (C=O) groups is 2. The van der Waals surface area contributed by atoms with Gasteiger partial charge >= 0.3 is 0 Å². The van der Waals surface area contributed by atoms with Gasteiger partial charge in [0.2, 0.25) is 5.91 Å². The predicted molar refractivity (Wildman–Crippen MR) is 136 cm³/mol. The molecule has 4 rings (SSSR count). The van der Waals surface area contributed by atoms with Crippen LogP contribution in [0, 0.1) is 17.0 Å². The van der Waals surface area contributed by atoms with Gasteiger partial charge in [0.15, 0.2) is 0 Å². The molecule has 0 bridgehead atoms. The molecule has 9 nitrogen and oxygen atoms in total. The first-order valence-electron chi connectivity index (χ1n) is 11.4. The van der Waals surface area contributed by atoms with Crippen LogP contribution in [0.4, 0.5) is 11.4 Å². The van der Waals surface area contributed by atoms with Gasteiger partial charge < -0.3 is 15.1 Å². The van der Waals surface area contributed by atoms with Crippen molar-refractivity contribution in [2.45, 2.75) is 20.3 Å². The number of aryl methyl sites for hydroxylation is 1. The average Bonchev–Trinajstić information content (AvgIpc) is 3.30. The van der Waals surface area contributed by atoms with Gasteiger partial charge in [-0.25, -0.2) is 4.98 Å². The van der Waals surface area contributed by atoms with Crippen molar-refractivity contribution in [2.75, 3.05) is 37.6 Å². The number of carbonyl (C=O) groups excluding carboxylic acids is 2. The molecule has 0 unspecified atom stereocenters. The van der Waals surface area contributed by atoms with Crippen molar-refractivity contribution in [2.24, 2.45) is 0 Å². The lowest BCUT2D eigenvalue weighted by molar-refractivity contribution is -0.384. The standard InChI is InChI=1S/C25H27N5O4S/c1-17-27-22(16-35-17)20-5-3-19(4-6-20)9-10-26-25(32)21-7-8-23(24(15-21)30(33)34)29-13-11-28(12-14-29)18(2)31/h3-8,15-16H,9-14H2,1-2H3,(H,26,32). The van der Waals surface area contributed by atoms with E-state index in [4.69, 9.17) is 0 Å². The Morgan fingerprint density at radius 1 is 1.11 bits per heavy atom. The minimum absolute atomic E-state index is 0.00309. The molecule has 1 N–H and O–H groups in total. The molecule has 35 heavy (non-hydrogen) atoms. The van der Waals surface area contributed by atoms with Crippen molar-refractivity contribution in [1.82, 2.24) is 15.2 Å². The Morgan fingerprint density at radius 2 is 1.83 bits per heavy atom. The summed E-state index contributed by atoms with van der Waals surface area (Å²) in [4.78, 5) is 43.6. The van der Waals surface area contributed by atoms with Gasteiger partial charge in [-0.15, -0.1) is 11.3 Å². The van der Waals surface area contributed by atoms with Crippen LogP contribution in [0.15, 0.2) is 47.8 Å². The quantitative estimate of drug-likeness (QED) is 0.397. The van der Waals surface area contributed by atoms with Gasteiger partial charge in [-0.2, -0.15) is 0 Å². The minimum atomic E-state index is -0.463. The normalized spacial score (nSPS) is 13.5. The van der Waals surface area contributed by atoms with Crippen molar-refractivity contribution in [3.63, 3.8) is 0 Å². The summed E-state index contributed by atoms with van der Waals surface area (Å²) in [6.45, 7) is 5.95. The maximum Gasteiger partial charge on any atom is 0.293 e. The third-order valence-electron chi connectivity index (χ3n) is 6.07. The van der Waals surface area contributed by atoms with Crippen LogP contribution in [0.1, 0.15) is 27.9 Å². The van der Waals surface area contributed by atoms with Crippen LogP contribution in [0.3, 0.4) is 0 Å². The number of nitrogens with one attached hydrogen (secondary N) is 1. The fourth-order valence-corrected chi connectivity index (χ4v) is 4.72. The van der Waals surface area contributed by atoms with E-state index in [1.165, 1.54) is 13.0 Å². The van der Waals surface area contributed by atoms with Crippen LogP contribution in [0.25, 0.3) is 11.3 Å². The number of nitrogens with zero attached hydrogens (tertiary/aromatic N) is 4. The molecule has 1 fully saturated rings.